The van der Waals surface area contributed by atoms with Crippen LogP contribution < -0.4 is 15.7 Å². The summed E-state index contributed by atoms with van der Waals surface area (Å²) in [7, 11) is 0. The number of halogens is 1. The number of benzene rings is 3. The Morgan fingerprint density at radius 3 is 1.93 bits per heavy atom. The van der Waals surface area contributed by atoms with Gasteiger partial charge >= 0.3 is 5.97 Å². The Bertz CT molecular complexity index is 1080. The van der Waals surface area contributed by atoms with E-state index in [0.29, 0.717) is 5.02 Å². The molecule has 0 unspecified atom stereocenters. The highest BCUT2D eigenvalue weighted by atomic mass is 35.5. The van der Waals surface area contributed by atoms with Crippen molar-refractivity contribution in [2.45, 2.75) is 18.6 Å². The van der Waals surface area contributed by atoms with E-state index in [4.69, 9.17) is 28.1 Å². The zero-order chi connectivity index (χ0) is 21.2. The van der Waals surface area contributed by atoms with Gasteiger partial charge in [-0.25, -0.2) is 4.79 Å². The largest absolute Gasteiger partial charge is 0.453 e. The van der Waals surface area contributed by atoms with E-state index < -0.39 is 17.8 Å². The predicted molar refractivity (Wildman–Crippen MR) is 127 cm³/mol. The van der Waals surface area contributed by atoms with Crippen LogP contribution in [0.4, 0.5) is 0 Å². The number of ether oxygens (including phenoxy) is 1. The number of hydrogen-bond donors (Lipinski definition) is 1. The minimum absolute atomic E-state index is 0.352. The number of carbonyl (C=O) groups excluding carboxylic acids is 1. The van der Waals surface area contributed by atoms with Gasteiger partial charge in [0.05, 0.1) is 11.7 Å². The summed E-state index contributed by atoms with van der Waals surface area (Å²) in [6, 6.07) is 27.7. The zero-order valence-corrected chi connectivity index (χ0v) is 18.8. The monoisotopic (exact) mass is 453 g/mol. The highest BCUT2D eigenvalue weighted by molar-refractivity contribution is 8.20. The van der Waals surface area contributed by atoms with Crippen LogP contribution in [-0.4, -0.2) is 12.1 Å². The fourth-order valence-corrected chi connectivity index (χ4v) is 7.73. The lowest BCUT2D eigenvalue weighted by atomic mass is 9.87. The Hall–Kier alpha value is -2.23. The first-order valence-corrected chi connectivity index (χ1v) is 12.8. The molecular weight excluding hydrogens is 433 g/mol. The summed E-state index contributed by atoms with van der Waals surface area (Å²) in [5.74, 6) is -0.352. The van der Waals surface area contributed by atoms with Crippen LogP contribution in [0.25, 0.3) is 0 Å². The van der Waals surface area contributed by atoms with E-state index in [2.05, 4.69) is 29.4 Å². The molecular formula is C24H21ClNO2PS. The molecule has 1 N–H and O–H groups in total. The maximum absolute atomic E-state index is 11.9. The number of hydrogen-bond acceptors (Lipinski definition) is 3. The molecule has 0 aliphatic carbocycles. The third-order valence-electron chi connectivity index (χ3n) is 5.29. The average molecular weight is 454 g/mol. The van der Waals surface area contributed by atoms with Crippen LogP contribution in [0.15, 0.2) is 97.1 Å². The van der Waals surface area contributed by atoms with Gasteiger partial charge in [-0.3, -0.25) is 5.09 Å². The number of carbonyl (C=O) groups is 1. The third kappa shape index (κ3) is 4.01. The van der Waals surface area contributed by atoms with E-state index in [1.165, 1.54) is 6.08 Å². The Balaban J connectivity index is 1.87. The lowest BCUT2D eigenvalue weighted by Gasteiger charge is -2.40. The van der Waals surface area contributed by atoms with Crippen LogP contribution in [-0.2, 0) is 26.9 Å². The van der Waals surface area contributed by atoms with E-state index in [-0.39, 0.29) is 5.97 Å². The van der Waals surface area contributed by atoms with Gasteiger partial charge < -0.3 is 4.74 Å². The topological polar surface area (TPSA) is 38.3 Å². The summed E-state index contributed by atoms with van der Waals surface area (Å²) in [6.45, 7) is 2.02. The summed E-state index contributed by atoms with van der Waals surface area (Å²) >= 11 is 12.5. The van der Waals surface area contributed by atoms with Gasteiger partial charge in [-0.1, -0.05) is 96.2 Å². The molecule has 0 saturated carbocycles. The second kappa shape index (κ2) is 8.49. The molecule has 1 aliphatic heterocycles. The Labute approximate surface area is 186 Å². The van der Waals surface area contributed by atoms with Gasteiger partial charge in [-0.15, -0.1) is 0 Å². The third-order valence-corrected chi connectivity index (χ3v) is 9.91. The van der Waals surface area contributed by atoms with Crippen molar-refractivity contribution < 1.29 is 9.53 Å². The lowest BCUT2D eigenvalue weighted by Crippen LogP contribution is -2.50. The molecule has 0 saturated heterocycles. The fraction of sp³-hybridized carbons (Fsp3) is 0.125. The molecule has 0 fully saturated rings. The first-order valence-electron chi connectivity index (χ1n) is 9.57. The molecule has 3 nitrogen and oxygen atoms in total. The number of rotatable bonds is 6. The standard InChI is InChI=1S/C24H21ClNO2PS/c1-24(22-16-17-23(27)28-22,18-12-14-19(25)15-13-18)26-29(30,20-8-4-2-5-9-20)21-10-6-3-7-11-21/h2-17,22H,1H3,(H,26,30)/t22-,24+/m1/s1. The minimum atomic E-state index is -2.47. The molecule has 3 aromatic carbocycles. The fourth-order valence-electron chi connectivity index (χ4n) is 3.65. The van der Waals surface area contributed by atoms with Gasteiger partial charge in [0.1, 0.15) is 6.10 Å². The van der Waals surface area contributed by atoms with E-state index in [1.54, 1.807) is 6.08 Å². The normalized spacial score (nSPS) is 18.1. The van der Waals surface area contributed by atoms with E-state index >= 15 is 0 Å². The smallest absolute Gasteiger partial charge is 0.331 e. The van der Waals surface area contributed by atoms with Crippen molar-refractivity contribution in [1.29, 1.82) is 0 Å². The SMILES string of the molecule is C[C@](NP(=S)(c1ccccc1)c1ccccc1)(c1ccc(Cl)cc1)[C@H]1C=CC(=O)O1. The second-order valence-corrected chi connectivity index (χ2v) is 11.9. The summed E-state index contributed by atoms with van der Waals surface area (Å²) < 4.78 is 5.65. The maximum Gasteiger partial charge on any atom is 0.331 e. The molecule has 30 heavy (non-hydrogen) atoms. The van der Waals surface area contributed by atoms with Crippen molar-refractivity contribution in [1.82, 2.24) is 5.09 Å². The van der Waals surface area contributed by atoms with Crippen LogP contribution in [0.3, 0.4) is 0 Å². The van der Waals surface area contributed by atoms with E-state index in [0.717, 1.165) is 16.2 Å². The Kier molecular flexibility index (Phi) is 5.95. The molecule has 3 aromatic rings. The zero-order valence-electron chi connectivity index (χ0n) is 16.4. The first-order chi connectivity index (χ1) is 14.4. The van der Waals surface area contributed by atoms with Crippen molar-refractivity contribution in [2.24, 2.45) is 0 Å². The number of nitrogens with one attached hydrogen (secondary N) is 1. The van der Waals surface area contributed by atoms with Crippen molar-refractivity contribution in [3.63, 3.8) is 0 Å². The lowest BCUT2D eigenvalue weighted by molar-refractivity contribution is -0.141. The van der Waals surface area contributed by atoms with Gasteiger partial charge in [-0.2, -0.15) is 0 Å². The molecule has 1 aliphatic rings. The van der Waals surface area contributed by atoms with Crippen molar-refractivity contribution in [2.75, 3.05) is 0 Å². The molecule has 2 atom stereocenters. The van der Waals surface area contributed by atoms with E-state index in [9.17, 15) is 4.79 Å². The summed E-state index contributed by atoms with van der Waals surface area (Å²) in [4.78, 5) is 11.9. The molecule has 6 heteroatoms. The molecule has 1 heterocycles. The Morgan fingerprint density at radius 1 is 0.933 bits per heavy atom. The number of cyclic esters (lactones) is 1. The second-order valence-electron chi connectivity index (χ2n) is 7.32. The van der Waals surface area contributed by atoms with Gasteiger partial charge in [0.15, 0.2) is 0 Å². The minimum Gasteiger partial charge on any atom is -0.453 e. The van der Waals surface area contributed by atoms with Crippen molar-refractivity contribution in [3.8, 4) is 0 Å². The molecule has 0 spiro atoms. The van der Waals surface area contributed by atoms with Crippen LogP contribution in [0.2, 0.25) is 5.02 Å². The molecule has 0 aromatic heterocycles. The highest BCUT2D eigenvalue weighted by Gasteiger charge is 2.43. The first kappa shape index (κ1) is 21.0. The highest BCUT2D eigenvalue weighted by Crippen LogP contribution is 2.46. The molecule has 0 bridgehead atoms. The van der Waals surface area contributed by atoms with Crippen molar-refractivity contribution in [3.05, 3.63) is 108 Å². The molecule has 152 valence electrons. The van der Waals surface area contributed by atoms with Crippen LogP contribution in [0.5, 0.6) is 0 Å². The van der Waals surface area contributed by atoms with Gasteiger partial charge in [0.25, 0.3) is 0 Å². The number of esters is 1. The summed E-state index contributed by atoms with van der Waals surface area (Å²) in [5, 5.41) is 6.52. The summed E-state index contributed by atoms with van der Waals surface area (Å²) in [6.07, 6.45) is 0.289. The quantitative estimate of drug-likeness (QED) is 0.435. The Morgan fingerprint density at radius 2 is 1.47 bits per heavy atom. The molecule has 0 radical (unpaired) electrons. The van der Waals surface area contributed by atoms with Crippen LogP contribution in [0.1, 0.15) is 12.5 Å². The van der Waals surface area contributed by atoms with Crippen LogP contribution >= 0.6 is 17.8 Å². The van der Waals surface area contributed by atoms with Gasteiger partial charge in [-0.05, 0) is 30.7 Å². The molecule has 4 rings (SSSR count). The predicted octanol–water partition coefficient (Wildman–Crippen LogP) is 4.67. The summed E-state index contributed by atoms with van der Waals surface area (Å²) in [5.41, 5.74) is 0.186. The maximum atomic E-state index is 11.9. The van der Waals surface area contributed by atoms with Crippen molar-refractivity contribution >= 4 is 46.2 Å². The average Bonchev–Trinajstić information content (AvgIpc) is 3.22. The molecule has 0 amide bonds. The van der Waals surface area contributed by atoms with Gasteiger partial charge in [0.2, 0.25) is 0 Å². The van der Waals surface area contributed by atoms with E-state index in [1.807, 2.05) is 67.6 Å². The van der Waals surface area contributed by atoms with Gasteiger partial charge in [0, 0.05) is 21.7 Å². The van der Waals surface area contributed by atoms with Crippen LogP contribution in [0, 0.1) is 0 Å².